The van der Waals surface area contributed by atoms with Gasteiger partial charge in [-0.3, -0.25) is 19.8 Å². The molecule has 0 saturated carbocycles. The summed E-state index contributed by atoms with van der Waals surface area (Å²) in [4.78, 5) is 28.1. The topological polar surface area (TPSA) is 66.7 Å². The summed E-state index contributed by atoms with van der Waals surface area (Å²) in [5.74, 6) is -0.120. The van der Waals surface area contributed by atoms with Crippen LogP contribution in [0.5, 0.6) is 0 Å². The molecule has 0 aliphatic carbocycles. The number of non-ortho nitro benzene ring substituents is 1. The smallest absolute Gasteiger partial charge is 0.270 e. The maximum Gasteiger partial charge on any atom is 0.270 e. The van der Waals surface area contributed by atoms with E-state index in [1.54, 1.807) is 11.0 Å². The number of hydrogen-bond acceptors (Lipinski definition) is 5. The van der Waals surface area contributed by atoms with E-state index in [4.69, 9.17) is 23.2 Å². The molecule has 2 aromatic carbocycles. The molecule has 0 unspecified atom stereocenters. The third-order valence-corrected chi connectivity index (χ3v) is 6.89. The summed E-state index contributed by atoms with van der Waals surface area (Å²) in [5.41, 5.74) is 1.17. The number of rotatable bonds is 4. The van der Waals surface area contributed by atoms with Crippen LogP contribution in [0, 0.1) is 10.1 Å². The minimum Gasteiger partial charge on any atom is -0.335 e. The molecule has 9 heteroatoms. The van der Waals surface area contributed by atoms with Gasteiger partial charge in [0.25, 0.3) is 11.6 Å². The summed E-state index contributed by atoms with van der Waals surface area (Å²) in [6.07, 6.45) is 0. The van der Waals surface area contributed by atoms with Crippen molar-refractivity contribution in [2.24, 2.45) is 0 Å². The largest absolute Gasteiger partial charge is 0.335 e. The third-order valence-electron chi connectivity index (χ3n) is 5.00. The molecular formula is C20H17Cl2N3O3S. The van der Waals surface area contributed by atoms with Crippen molar-refractivity contribution in [3.05, 3.63) is 73.1 Å². The highest BCUT2D eigenvalue weighted by Gasteiger charge is 2.26. The first-order valence-electron chi connectivity index (χ1n) is 9.05. The first-order valence-corrected chi connectivity index (χ1v) is 10.6. The van der Waals surface area contributed by atoms with Crippen LogP contribution in [0.25, 0.3) is 10.1 Å². The van der Waals surface area contributed by atoms with E-state index >= 15 is 0 Å². The molecule has 1 aliphatic heterocycles. The van der Waals surface area contributed by atoms with Crippen molar-refractivity contribution in [3.63, 3.8) is 0 Å². The van der Waals surface area contributed by atoms with E-state index in [1.165, 1.54) is 29.0 Å². The van der Waals surface area contributed by atoms with Gasteiger partial charge in [0, 0.05) is 60.0 Å². The Morgan fingerprint density at radius 1 is 1.07 bits per heavy atom. The summed E-state index contributed by atoms with van der Waals surface area (Å²) in [6, 6.07) is 12.3. The van der Waals surface area contributed by atoms with Gasteiger partial charge >= 0.3 is 0 Å². The SMILES string of the molecule is O=C(c1sc2cc([N+](=O)[O-])ccc2c1Cl)N1CCN(Cc2ccc(Cl)cc2)CC1. The Morgan fingerprint density at radius 2 is 1.76 bits per heavy atom. The van der Waals surface area contributed by atoms with Crippen molar-refractivity contribution < 1.29 is 9.72 Å². The van der Waals surface area contributed by atoms with Gasteiger partial charge in [-0.25, -0.2) is 0 Å². The molecule has 3 aromatic rings. The highest BCUT2D eigenvalue weighted by molar-refractivity contribution is 7.21. The van der Waals surface area contributed by atoms with Crippen LogP contribution < -0.4 is 0 Å². The van der Waals surface area contributed by atoms with Gasteiger partial charge in [-0.1, -0.05) is 35.3 Å². The predicted octanol–water partition coefficient (Wildman–Crippen LogP) is 5.07. The predicted molar refractivity (Wildman–Crippen MR) is 116 cm³/mol. The van der Waals surface area contributed by atoms with Gasteiger partial charge in [-0.05, 0) is 23.8 Å². The second-order valence-corrected chi connectivity index (χ2v) is 8.74. The van der Waals surface area contributed by atoms with Gasteiger partial charge in [-0.15, -0.1) is 11.3 Å². The summed E-state index contributed by atoms with van der Waals surface area (Å²) >= 11 is 13.6. The number of benzene rings is 2. The van der Waals surface area contributed by atoms with Crippen molar-refractivity contribution in [1.82, 2.24) is 9.80 Å². The molecule has 1 amide bonds. The quantitative estimate of drug-likeness (QED) is 0.411. The van der Waals surface area contributed by atoms with Crippen LogP contribution in [0.1, 0.15) is 15.2 Å². The van der Waals surface area contributed by atoms with Crippen molar-refractivity contribution in [2.45, 2.75) is 6.54 Å². The lowest BCUT2D eigenvalue weighted by Crippen LogP contribution is -2.48. The Bertz CT molecular complexity index is 1080. The fraction of sp³-hybridized carbons (Fsp3) is 0.250. The maximum atomic E-state index is 13.0. The molecule has 2 heterocycles. The molecule has 0 N–H and O–H groups in total. The first kappa shape index (κ1) is 20.1. The number of hydrogen-bond donors (Lipinski definition) is 0. The number of nitro groups is 1. The van der Waals surface area contributed by atoms with E-state index < -0.39 is 4.92 Å². The molecule has 4 rings (SSSR count). The Labute approximate surface area is 181 Å². The fourth-order valence-corrected chi connectivity index (χ4v) is 5.04. The van der Waals surface area contributed by atoms with Crippen molar-refractivity contribution >= 4 is 56.2 Å². The number of thiophene rings is 1. The molecule has 0 spiro atoms. The van der Waals surface area contributed by atoms with E-state index in [1.807, 2.05) is 24.3 Å². The minimum absolute atomic E-state index is 0.00905. The molecular weight excluding hydrogens is 433 g/mol. The monoisotopic (exact) mass is 449 g/mol. The van der Waals surface area contributed by atoms with Gasteiger partial charge < -0.3 is 4.90 Å². The molecule has 1 aromatic heterocycles. The third kappa shape index (κ3) is 4.23. The fourth-order valence-electron chi connectivity index (χ4n) is 3.41. The number of fused-ring (bicyclic) bond motifs is 1. The molecule has 29 heavy (non-hydrogen) atoms. The maximum absolute atomic E-state index is 13.0. The van der Waals surface area contributed by atoms with Crippen molar-refractivity contribution in [2.75, 3.05) is 26.2 Å². The van der Waals surface area contributed by atoms with Gasteiger partial charge in [0.1, 0.15) is 4.88 Å². The summed E-state index contributed by atoms with van der Waals surface area (Å²) in [5, 5.41) is 12.7. The van der Waals surface area contributed by atoms with Crippen LogP contribution in [0.15, 0.2) is 42.5 Å². The number of carbonyl (C=O) groups is 1. The molecule has 150 valence electrons. The van der Waals surface area contributed by atoms with Crippen LogP contribution in [0.3, 0.4) is 0 Å². The molecule has 1 fully saturated rings. The van der Waals surface area contributed by atoms with E-state index in [-0.39, 0.29) is 11.6 Å². The molecule has 0 atom stereocenters. The Hall–Kier alpha value is -2.19. The number of piperazine rings is 1. The first-order chi connectivity index (χ1) is 13.9. The summed E-state index contributed by atoms with van der Waals surface area (Å²) < 4.78 is 0.647. The Balaban J connectivity index is 1.44. The van der Waals surface area contributed by atoms with E-state index in [0.29, 0.717) is 33.1 Å². The second kappa shape index (κ2) is 8.28. The number of nitro benzene ring substituents is 1. The van der Waals surface area contributed by atoms with Crippen LogP contribution in [-0.2, 0) is 6.54 Å². The lowest BCUT2D eigenvalue weighted by molar-refractivity contribution is -0.384. The van der Waals surface area contributed by atoms with Crippen LogP contribution >= 0.6 is 34.5 Å². The Kier molecular flexibility index (Phi) is 5.74. The van der Waals surface area contributed by atoms with Gasteiger partial charge in [0.15, 0.2) is 0 Å². The molecule has 6 nitrogen and oxygen atoms in total. The number of carbonyl (C=O) groups excluding carboxylic acids is 1. The normalized spacial score (nSPS) is 15.0. The van der Waals surface area contributed by atoms with E-state index in [9.17, 15) is 14.9 Å². The van der Waals surface area contributed by atoms with E-state index in [2.05, 4.69) is 4.90 Å². The average Bonchev–Trinajstić information content (AvgIpc) is 3.05. The second-order valence-electron chi connectivity index (χ2n) is 6.88. The zero-order chi connectivity index (χ0) is 20.5. The lowest BCUT2D eigenvalue weighted by Gasteiger charge is -2.34. The zero-order valence-electron chi connectivity index (χ0n) is 15.3. The van der Waals surface area contributed by atoms with Gasteiger partial charge in [0.05, 0.1) is 9.95 Å². The number of halogens is 2. The van der Waals surface area contributed by atoms with Crippen molar-refractivity contribution in [1.29, 1.82) is 0 Å². The lowest BCUT2D eigenvalue weighted by atomic mass is 10.2. The van der Waals surface area contributed by atoms with E-state index in [0.717, 1.165) is 24.7 Å². The highest BCUT2D eigenvalue weighted by atomic mass is 35.5. The molecule has 0 bridgehead atoms. The standard InChI is InChI=1S/C20H17Cl2N3O3S/c21-14-3-1-13(2-4-14)12-23-7-9-24(10-8-23)20(26)19-18(22)16-6-5-15(25(27)28)11-17(16)29-19/h1-6,11H,7-10,12H2. The number of nitrogens with zero attached hydrogens (tertiary/aromatic N) is 3. The van der Waals surface area contributed by atoms with Crippen LogP contribution in [-0.4, -0.2) is 46.8 Å². The van der Waals surface area contributed by atoms with Gasteiger partial charge in [0.2, 0.25) is 0 Å². The van der Waals surface area contributed by atoms with Gasteiger partial charge in [-0.2, -0.15) is 0 Å². The summed E-state index contributed by atoms with van der Waals surface area (Å²) in [6.45, 7) is 3.56. The molecule has 1 aliphatic rings. The number of amides is 1. The summed E-state index contributed by atoms with van der Waals surface area (Å²) in [7, 11) is 0. The van der Waals surface area contributed by atoms with Crippen LogP contribution in [0.4, 0.5) is 5.69 Å². The van der Waals surface area contributed by atoms with Crippen molar-refractivity contribution in [3.8, 4) is 0 Å². The minimum atomic E-state index is -0.450. The Morgan fingerprint density at radius 3 is 2.41 bits per heavy atom. The molecule has 0 radical (unpaired) electrons. The highest BCUT2D eigenvalue weighted by Crippen LogP contribution is 2.38. The molecule has 1 saturated heterocycles. The zero-order valence-corrected chi connectivity index (χ0v) is 17.6. The van der Waals surface area contributed by atoms with Crippen LogP contribution in [0.2, 0.25) is 10.0 Å². The average molecular weight is 450 g/mol.